The second-order valence-corrected chi connectivity index (χ2v) is 6.60. The zero-order valence-corrected chi connectivity index (χ0v) is 11.9. The number of aliphatic hydroxyl groups excluding tert-OH is 1. The summed E-state index contributed by atoms with van der Waals surface area (Å²) in [6, 6.07) is 0. The van der Waals surface area contributed by atoms with Crippen LogP contribution < -0.4 is 5.32 Å². The third-order valence-corrected chi connectivity index (χ3v) is 4.77. The first-order chi connectivity index (χ1) is 9.49. The highest BCUT2D eigenvalue weighted by Gasteiger charge is 2.36. The van der Waals surface area contributed by atoms with Crippen molar-refractivity contribution in [3.05, 3.63) is 0 Å². The van der Waals surface area contributed by atoms with Gasteiger partial charge in [-0.25, -0.2) is 0 Å². The lowest BCUT2D eigenvalue weighted by Gasteiger charge is -2.36. The lowest BCUT2D eigenvalue weighted by molar-refractivity contribution is -0.141. The Labute approximate surface area is 119 Å². The highest BCUT2D eigenvalue weighted by Crippen LogP contribution is 2.42. The maximum Gasteiger partial charge on any atom is 0.303 e. The van der Waals surface area contributed by atoms with Crippen molar-refractivity contribution in [3.63, 3.8) is 0 Å². The first kappa shape index (κ1) is 15.3. The fraction of sp³-hybridized carbons (Fsp3) is 0.867. The van der Waals surface area contributed by atoms with Gasteiger partial charge in [0.1, 0.15) is 0 Å². The number of carboxylic acid groups (broad SMARTS) is 1. The summed E-state index contributed by atoms with van der Waals surface area (Å²) >= 11 is 0. The van der Waals surface area contributed by atoms with Crippen LogP contribution in [0.4, 0.5) is 0 Å². The molecule has 114 valence electrons. The van der Waals surface area contributed by atoms with Gasteiger partial charge in [-0.05, 0) is 37.0 Å². The van der Waals surface area contributed by atoms with Crippen LogP contribution in [-0.2, 0) is 9.59 Å². The largest absolute Gasteiger partial charge is 0.481 e. The Hall–Kier alpha value is -1.10. The number of aliphatic hydroxyl groups is 1. The molecule has 2 saturated carbocycles. The second-order valence-electron chi connectivity index (χ2n) is 6.60. The van der Waals surface area contributed by atoms with Crippen LogP contribution in [0.5, 0.6) is 0 Å². The van der Waals surface area contributed by atoms with Gasteiger partial charge in [-0.3, -0.25) is 9.59 Å². The van der Waals surface area contributed by atoms with E-state index in [1.165, 1.54) is 0 Å². The zero-order valence-electron chi connectivity index (χ0n) is 11.9. The highest BCUT2D eigenvalue weighted by atomic mass is 16.4. The summed E-state index contributed by atoms with van der Waals surface area (Å²) in [6.07, 6.45) is 6.63. The van der Waals surface area contributed by atoms with Gasteiger partial charge in [-0.15, -0.1) is 0 Å². The normalized spacial score (nSPS) is 28.4. The number of carbonyl (C=O) groups excluding carboxylic acids is 1. The number of rotatable bonds is 6. The number of hydrogen-bond acceptors (Lipinski definition) is 3. The third kappa shape index (κ3) is 4.20. The van der Waals surface area contributed by atoms with Crippen LogP contribution in [0, 0.1) is 11.3 Å². The van der Waals surface area contributed by atoms with E-state index >= 15 is 0 Å². The predicted octanol–water partition coefficient (Wildman–Crippen LogP) is 1.69. The Morgan fingerprint density at radius 1 is 1.10 bits per heavy atom. The topological polar surface area (TPSA) is 86.6 Å². The molecule has 0 aliphatic heterocycles. The number of amides is 1. The van der Waals surface area contributed by atoms with Gasteiger partial charge in [0.25, 0.3) is 0 Å². The standard InChI is InChI=1S/C15H25NO4/c17-12-6-11(7-12)10-16-13(18)8-15(9-14(19)20)4-2-1-3-5-15/h11-12,17H,1-10H2,(H,16,18)(H,19,20). The van der Waals surface area contributed by atoms with E-state index < -0.39 is 5.97 Å². The molecular formula is C15H25NO4. The van der Waals surface area contributed by atoms with E-state index in [-0.39, 0.29) is 23.8 Å². The van der Waals surface area contributed by atoms with Crippen molar-refractivity contribution in [2.45, 2.75) is 63.9 Å². The van der Waals surface area contributed by atoms with E-state index in [0.717, 1.165) is 44.9 Å². The average Bonchev–Trinajstić information content (AvgIpc) is 2.33. The number of carbonyl (C=O) groups is 2. The molecule has 5 heteroatoms. The van der Waals surface area contributed by atoms with Crippen molar-refractivity contribution in [2.75, 3.05) is 6.54 Å². The molecule has 20 heavy (non-hydrogen) atoms. The maximum atomic E-state index is 12.1. The van der Waals surface area contributed by atoms with Gasteiger partial charge in [0.05, 0.1) is 12.5 Å². The molecule has 0 heterocycles. The van der Waals surface area contributed by atoms with E-state index in [1.807, 2.05) is 0 Å². The smallest absolute Gasteiger partial charge is 0.303 e. The molecule has 2 aliphatic rings. The summed E-state index contributed by atoms with van der Waals surface area (Å²) in [6.45, 7) is 0.610. The number of aliphatic carboxylic acids is 1. The van der Waals surface area contributed by atoms with Gasteiger partial charge in [-0.2, -0.15) is 0 Å². The molecule has 0 saturated heterocycles. The Morgan fingerprint density at radius 3 is 2.30 bits per heavy atom. The van der Waals surface area contributed by atoms with Crippen LogP contribution in [0.15, 0.2) is 0 Å². The minimum absolute atomic E-state index is 0.0328. The van der Waals surface area contributed by atoms with Crippen LogP contribution in [-0.4, -0.2) is 34.7 Å². The molecule has 0 bridgehead atoms. The minimum Gasteiger partial charge on any atom is -0.481 e. The van der Waals surface area contributed by atoms with E-state index in [1.54, 1.807) is 0 Å². The molecule has 0 aromatic heterocycles. The van der Waals surface area contributed by atoms with Gasteiger partial charge in [0.15, 0.2) is 0 Å². The second kappa shape index (κ2) is 6.57. The van der Waals surface area contributed by atoms with Gasteiger partial charge in [0.2, 0.25) is 5.91 Å². The van der Waals surface area contributed by atoms with Crippen LogP contribution in [0.1, 0.15) is 57.8 Å². The predicted molar refractivity (Wildman–Crippen MR) is 74.1 cm³/mol. The Bertz CT molecular complexity index is 357. The number of nitrogens with one attached hydrogen (secondary N) is 1. The van der Waals surface area contributed by atoms with Crippen LogP contribution in [0.3, 0.4) is 0 Å². The van der Waals surface area contributed by atoms with Gasteiger partial charge < -0.3 is 15.5 Å². The summed E-state index contributed by atoms with van der Waals surface area (Å²) < 4.78 is 0. The van der Waals surface area contributed by atoms with Gasteiger partial charge >= 0.3 is 5.97 Å². The van der Waals surface area contributed by atoms with E-state index in [9.17, 15) is 14.7 Å². The van der Waals surface area contributed by atoms with Crippen molar-refractivity contribution in [1.29, 1.82) is 0 Å². The zero-order chi connectivity index (χ0) is 14.6. The fourth-order valence-corrected chi connectivity index (χ4v) is 3.57. The lowest BCUT2D eigenvalue weighted by atomic mass is 9.69. The first-order valence-corrected chi connectivity index (χ1v) is 7.66. The quantitative estimate of drug-likeness (QED) is 0.692. The molecule has 0 unspecified atom stereocenters. The summed E-state index contributed by atoms with van der Waals surface area (Å²) in [5, 5.41) is 21.2. The summed E-state index contributed by atoms with van der Waals surface area (Å²) in [4.78, 5) is 23.1. The lowest BCUT2D eigenvalue weighted by Crippen LogP contribution is -2.41. The van der Waals surface area contributed by atoms with Crippen molar-refractivity contribution in [3.8, 4) is 0 Å². The molecule has 0 atom stereocenters. The van der Waals surface area contributed by atoms with Crippen molar-refractivity contribution in [2.24, 2.45) is 11.3 Å². The molecule has 1 amide bonds. The molecule has 5 nitrogen and oxygen atoms in total. The monoisotopic (exact) mass is 283 g/mol. The van der Waals surface area contributed by atoms with Crippen molar-refractivity contribution >= 4 is 11.9 Å². The van der Waals surface area contributed by atoms with Gasteiger partial charge in [0, 0.05) is 13.0 Å². The Morgan fingerprint density at radius 2 is 1.75 bits per heavy atom. The number of carboxylic acids is 1. The van der Waals surface area contributed by atoms with E-state index in [2.05, 4.69) is 5.32 Å². The minimum atomic E-state index is -0.804. The first-order valence-electron chi connectivity index (χ1n) is 7.66. The molecular weight excluding hydrogens is 258 g/mol. The summed E-state index contributed by atoms with van der Waals surface area (Å²) in [5.41, 5.74) is -0.340. The van der Waals surface area contributed by atoms with E-state index in [4.69, 9.17) is 5.11 Å². The van der Waals surface area contributed by atoms with Crippen LogP contribution in [0.25, 0.3) is 0 Å². The van der Waals surface area contributed by atoms with Crippen molar-refractivity contribution < 1.29 is 19.8 Å². The van der Waals surface area contributed by atoms with Crippen LogP contribution in [0.2, 0.25) is 0 Å². The highest BCUT2D eigenvalue weighted by molar-refractivity contribution is 5.78. The van der Waals surface area contributed by atoms with Crippen LogP contribution >= 0.6 is 0 Å². The van der Waals surface area contributed by atoms with E-state index in [0.29, 0.717) is 18.9 Å². The molecule has 3 N–H and O–H groups in total. The average molecular weight is 283 g/mol. The third-order valence-electron chi connectivity index (χ3n) is 4.77. The molecule has 2 fully saturated rings. The summed E-state index contributed by atoms with van der Waals surface area (Å²) in [5.74, 6) is -0.452. The molecule has 0 aromatic rings. The Kier molecular flexibility index (Phi) is 5.02. The summed E-state index contributed by atoms with van der Waals surface area (Å²) in [7, 11) is 0. The van der Waals surface area contributed by atoms with Gasteiger partial charge in [-0.1, -0.05) is 19.3 Å². The molecule has 0 aromatic carbocycles. The number of hydrogen-bond donors (Lipinski definition) is 3. The molecule has 2 aliphatic carbocycles. The van der Waals surface area contributed by atoms with Crippen molar-refractivity contribution in [1.82, 2.24) is 5.32 Å². The maximum absolute atomic E-state index is 12.1. The SMILES string of the molecule is O=C(O)CC1(CC(=O)NCC2CC(O)C2)CCCCC1. The molecule has 0 radical (unpaired) electrons. The molecule has 0 spiro atoms. The fourth-order valence-electron chi connectivity index (χ4n) is 3.57. The Balaban J connectivity index is 1.80. The molecule has 2 rings (SSSR count).